The van der Waals surface area contributed by atoms with Gasteiger partial charge < -0.3 is 10.6 Å². The molecule has 0 unspecified atom stereocenters. The molecule has 0 saturated heterocycles. The van der Waals surface area contributed by atoms with E-state index in [1.165, 1.54) is 18.5 Å². The summed E-state index contributed by atoms with van der Waals surface area (Å²) in [7, 11) is 0. The summed E-state index contributed by atoms with van der Waals surface area (Å²) in [6, 6.07) is 16.5. The quantitative estimate of drug-likeness (QED) is 0.744. The Morgan fingerprint density at radius 2 is 1.19 bits per heavy atom. The lowest BCUT2D eigenvalue weighted by molar-refractivity contribution is 0.102. The van der Waals surface area contributed by atoms with Crippen molar-refractivity contribution in [2.24, 2.45) is 0 Å². The maximum absolute atomic E-state index is 12.4. The standard InChI is InChI=1S/C21H19N3O2/c1-14-5-3-7-18(9-14)23-20(25)16-11-17(13-22-12-16)21(26)24-19-8-4-6-15(2)10-19/h3-13H,1-2H3,(H,23,25)(H,24,26). The summed E-state index contributed by atoms with van der Waals surface area (Å²) in [4.78, 5) is 28.9. The maximum Gasteiger partial charge on any atom is 0.257 e. The molecule has 3 rings (SSSR count). The van der Waals surface area contributed by atoms with Crippen molar-refractivity contribution in [2.45, 2.75) is 13.8 Å². The molecule has 0 atom stereocenters. The SMILES string of the molecule is Cc1cccc(NC(=O)c2cncc(C(=O)Nc3cccc(C)c3)c2)c1. The third-order valence-corrected chi connectivity index (χ3v) is 3.81. The Balaban J connectivity index is 1.75. The van der Waals surface area contributed by atoms with Crippen LogP contribution < -0.4 is 10.6 Å². The normalized spacial score (nSPS) is 10.2. The van der Waals surface area contributed by atoms with Crippen LogP contribution >= 0.6 is 0 Å². The molecule has 0 bridgehead atoms. The van der Waals surface area contributed by atoms with E-state index in [0.29, 0.717) is 22.5 Å². The number of amides is 2. The monoisotopic (exact) mass is 345 g/mol. The van der Waals surface area contributed by atoms with E-state index in [0.717, 1.165) is 11.1 Å². The zero-order valence-corrected chi connectivity index (χ0v) is 14.6. The molecule has 0 spiro atoms. The number of nitrogens with one attached hydrogen (secondary N) is 2. The number of nitrogens with zero attached hydrogens (tertiary/aromatic N) is 1. The van der Waals surface area contributed by atoms with Crippen LogP contribution in [0.4, 0.5) is 11.4 Å². The lowest BCUT2D eigenvalue weighted by Gasteiger charge is -2.08. The molecule has 3 aromatic rings. The second kappa shape index (κ2) is 7.61. The molecule has 0 saturated carbocycles. The summed E-state index contributed by atoms with van der Waals surface area (Å²) in [6.45, 7) is 3.90. The molecule has 0 aliphatic carbocycles. The molecular formula is C21H19N3O2. The van der Waals surface area contributed by atoms with Gasteiger partial charge >= 0.3 is 0 Å². The average molecular weight is 345 g/mol. The van der Waals surface area contributed by atoms with E-state index >= 15 is 0 Å². The highest BCUT2D eigenvalue weighted by Crippen LogP contribution is 2.14. The van der Waals surface area contributed by atoms with Crippen LogP contribution in [-0.2, 0) is 0 Å². The first-order valence-electron chi connectivity index (χ1n) is 8.22. The molecule has 1 heterocycles. The fourth-order valence-electron chi connectivity index (χ4n) is 2.54. The fourth-order valence-corrected chi connectivity index (χ4v) is 2.54. The van der Waals surface area contributed by atoms with Gasteiger partial charge in [-0.2, -0.15) is 0 Å². The van der Waals surface area contributed by atoms with Crippen LogP contribution in [0.2, 0.25) is 0 Å². The molecule has 5 heteroatoms. The highest BCUT2D eigenvalue weighted by molar-refractivity contribution is 6.08. The van der Waals surface area contributed by atoms with E-state index in [4.69, 9.17) is 0 Å². The van der Waals surface area contributed by atoms with E-state index in [2.05, 4.69) is 15.6 Å². The first-order valence-corrected chi connectivity index (χ1v) is 8.22. The van der Waals surface area contributed by atoms with Gasteiger partial charge in [0.1, 0.15) is 0 Å². The second-order valence-corrected chi connectivity index (χ2v) is 6.11. The number of aromatic nitrogens is 1. The minimum atomic E-state index is -0.312. The zero-order valence-electron chi connectivity index (χ0n) is 14.6. The second-order valence-electron chi connectivity index (χ2n) is 6.11. The van der Waals surface area contributed by atoms with Gasteiger partial charge in [-0.05, 0) is 55.3 Å². The highest BCUT2D eigenvalue weighted by atomic mass is 16.2. The van der Waals surface area contributed by atoms with E-state index in [1.807, 2.05) is 62.4 Å². The first-order chi connectivity index (χ1) is 12.5. The Bertz CT molecular complexity index is 892. The number of anilines is 2. The zero-order chi connectivity index (χ0) is 18.5. The molecule has 0 aliphatic heterocycles. The number of hydrogen-bond acceptors (Lipinski definition) is 3. The first kappa shape index (κ1) is 17.4. The van der Waals surface area contributed by atoms with Crippen molar-refractivity contribution in [1.82, 2.24) is 4.98 Å². The average Bonchev–Trinajstić information content (AvgIpc) is 2.62. The fraction of sp³-hybridized carbons (Fsp3) is 0.0952. The van der Waals surface area contributed by atoms with Crippen molar-refractivity contribution < 1.29 is 9.59 Å². The Morgan fingerprint density at radius 3 is 1.62 bits per heavy atom. The molecule has 130 valence electrons. The predicted octanol–water partition coefficient (Wildman–Crippen LogP) is 4.20. The van der Waals surface area contributed by atoms with Gasteiger partial charge in [-0.1, -0.05) is 24.3 Å². The van der Waals surface area contributed by atoms with Crippen LogP contribution in [0.1, 0.15) is 31.8 Å². The summed E-state index contributed by atoms with van der Waals surface area (Å²) in [6.07, 6.45) is 2.88. The van der Waals surface area contributed by atoms with Gasteiger partial charge in [-0.25, -0.2) is 0 Å². The summed E-state index contributed by atoms with van der Waals surface area (Å²) in [5.41, 5.74) is 4.14. The summed E-state index contributed by atoms with van der Waals surface area (Å²) in [5, 5.41) is 5.62. The molecule has 2 aromatic carbocycles. The molecule has 1 aromatic heterocycles. The number of carbonyl (C=O) groups excluding carboxylic acids is 2. The van der Waals surface area contributed by atoms with Gasteiger partial charge in [0, 0.05) is 23.8 Å². The third kappa shape index (κ3) is 4.33. The minimum absolute atomic E-state index is 0.312. The van der Waals surface area contributed by atoms with Crippen molar-refractivity contribution in [1.29, 1.82) is 0 Å². The topological polar surface area (TPSA) is 71.1 Å². The van der Waals surface area contributed by atoms with Crippen molar-refractivity contribution in [2.75, 3.05) is 10.6 Å². The van der Waals surface area contributed by atoms with Crippen molar-refractivity contribution in [3.05, 3.63) is 89.2 Å². The van der Waals surface area contributed by atoms with Crippen molar-refractivity contribution in [3.8, 4) is 0 Å². The van der Waals surface area contributed by atoms with E-state index in [1.54, 1.807) is 0 Å². The number of rotatable bonds is 4. The van der Waals surface area contributed by atoms with E-state index < -0.39 is 0 Å². The molecule has 2 amide bonds. The predicted molar refractivity (Wildman–Crippen MR) is 103 cm³/mol. The summed E-state index contributed by atoms with van der Waals surface area (Å²) >= 11 is 0. The van der Waals surface area contributed by atoms with Crippen LogP contribution in [0.5, 0.6) is 0 Å². The largest absolute Gasteiger partial charge is 0.322 e. The minimum Gasteiger partial charge on any atom is -0.322 e. The van der Waals surface area contributed by atoms with E-state index in [9.17, 15) is 9.59 Å². The van der Waals surface area contributed by atoms with Gasteiger partial charge in [0.05, 0.1) is 11.1 Å². The number of carbonyl (C=O) groups is 2. The van der Waals surface area contributed by atoms with Crippen LogP contribution in [0.3, 0.4) is 0 Å². The Hall–Kier alpha value is -3.47. The molecule has 26 heavy (non-hydrogen) atoms. The van der Waals surface area contributed by atoms with Gasteiger partial charge in [0.25, 0.3) is 11.8 Å². The molecule has 0 fully saturated rings. The molecule has 2 N–H and O–H groups in total. The highest BCUT2D eigenvalue weighted by Gasteiger charge is 2.12. The number of benzene rings is 2. The van der Waals surface area contributed by atoms with Crippen molar-refractivity contribution >= 4 is 23.2 Å². The molecule has 0 radical (unpaired) electrons. The van der Waals surface area contributed by atoms with Crippen LogP contribution in [0, 0.1) is 13.8 Å². The van der Waals surface area contributed by atoms with Crippen LogP contribution in [-0.4, -0.2) is 16.8 Å². The molecular weight excluding hydrogens is 326 g/mol. The van der Waals surface area contributed by atoms with Crippen molar-refractivity contribution in [3.63, 3.8) is 0 Å². The Labute approximate surface area is 152 Å². The lowest BCUT2D eigenvalue weighted by atomic mass is 10.1. The maximum atomic E-state index is 12.4. The molecule has 0 aliphatic rings. The van der Waals surface area contributed by atoms with Crippen LogP contribution in [0.15, 0.2) is 67.0 Å². The summed E-state index contributed by atoms with van der Waals surface area (Å²) < 4.78 is 0. The number of hydrogen-bond donors (Lipinski definition) is 2. The number of pyridine rings is 1. The molecule has 5 nitrogen and oxygen atoms in total. The van der Waals surface area contributed by atoms with Gasteiger partial charge in [0.15, 0.2) is 0 Å². The lowest BCUT2D eigenvalue weighted by Crippen LogP contribution is -2.16. The Kier molecular flexibility index (Phi) is 5.08. The van der Waals surface area contributed by atoms with E-state index in [-0.39, 0.29) is 11.8 Å². The third-order valence-electron chi connectivity index (χ3n) is 3.81. The van der Waals surface area contributed by atoms with Gasteiger partial charge in [-0.15, -0.1) is 0 Å². The van der Waals surface area contributed by atoms with Gasteiger partial charge in [-0.3, -0.25) is 14.6 Å². The summed E-state index contributed by atoms with van der Waals surface area (Å²) in [5.74, 6) is -0.624. The smallest absolute Gasteiger partial charge is 0.257 e. The Morgan fingerprint density at radius 1 is 0.731 bits per heavy atom. The van der Waals surface area contributed by atoms with Gasteiger partial charge in [0.2, 0.25) is 0 Å². The number of aryl methyl sites for hydroxylation is 2. The van der Waals surface area contributed by atoms with Crippen LogP contribution in [0.25, 0.3) is 0 Å².